The lowest BCUT2D eigenvalue weighted by atomic mass is 9.74. The molecule has 31 heavy (non-hydrogen) atoms. The Balaban J connectivity index is 1.75. The van der Waals surface area contributed by atoms with Crippen molar-refractivity contribution in [1.29, 1.82) is 0 Å². The second-order valence-electron chi connectivity index (χ2n) is 8.38. The number of ether oxygens (including phenoxy) is 3. The van der Waals surface area contributed by atoms with Gasteiger partial charge in [0.15, 0.2) is 0 Å². The number of carbonyl (C=O) groups is 2. The molecular weight excluding hydrogens is 398 g/mol. The Labute approximate surface area is 184 Å². The van der Waals surface area contributed by atoms with Crippen molar-refractivity contribution in [2.24, 2.45) is 11.3 Å². The van der Waals surface area contributed by atoms with Gasteiger partial charge in [0.25, 0.3) is 0 Å². The van der Waals surface area contributed by atoms with Crippen molar-refractivity contribution in [3.8, 4) is 5.75 Å². The van der Waals surface area contributed by atoms with Crippen LogP contribution < -0.4 is 15.6 Å². The van der Waals surface area contributed by atoms with E-state index in [4.69, 9.17) is 14.2 Å². The van der Waals surface area contributed by atoms with Crippen LogP contribution in [0.3, 0.4) is 0 Å². The monoisotopic (exact) mass is 433 g/mol. The summed E-state index contributed by atoms with van der Waals surface area (Å²) in [5, 5.41) is 0. The molecule has 2 aliphatic rings. The molecule has 2 N–H and O–H groups in total. The van der Waals surface area contributed by atoms with Crippen LogP contribution in [0.5, 0.6) is 5.75 Å². The Morgan fingerprint density at radius 1 is 1.23 bits per heavy atom. The molecule has 0 radical (unpaired) electrons. The van der Waals surface area contributed by atoms with Gasteiger partial charge in [-0.15, -0.1) is 0 Å². The van der Waals surface area contributed by atoms with E-state index in [0.717, 1.165) is 30.7 Å². The Morgan fingerprint density at radius 2 is 2.03 bits per heavy atom. The molecule has 3 atom stereocenters. The maximum atomic E-state index is 13.1. The lowest BCUT2D eigenvalue weighted by Crippen LogP contribution is -2.52. The van der Waals surface area contributed by atoms with Crippen LogP contribution >= 0.6 is 0 Å². The quantitative estimate of drug-likeness (QED) is 0.567. The van der Waals surface area contributed by atoms with E-state index in [-0.39, 0.29) is 23.9 Å². The molecule has 0 aromatic heterocycles. The summed E-state index contributed by atoms with van der Waals surface area (Å²) >= 11 is 0. The highest BCUT2D eigenvalue weighted by Crippen LogP contribution is 2.36. The van der Waals surface area contributed by atoms with Crippen LogP contribution in [0.1, 0.15) is 32.3 Å². The molecule has 0 amide bonds. The largest absolute Gasteiger partial charge is 0.497 e. The molecule has 0 aliphatic carbocycles. The van der Waals surface area contributed by atoms with Gasteiger partial charge in [0.05, 0.1) is 25.7 Å². The number of esters is 2. The average Bonchev–Trinajstić information content (AvgIpc) is 3.22. The highest BCUT2D eigenvalue weighted by Gasteiger charge is 2.45. The number of hydrazine groups is 1. The molecule has 172 valence electrons. The van der Waals surface area contributed by atoms with Gasteiger partial charge in [0.1, 0.15) is 11.8 Å². The van der Waals surface area contributed by atoms with E-state index >= 15 is 0 Å². The lowest BCUT2D eigenvalue weighted by Gasteiger charge is -2.42. The van der Waals surface area contributed by atoms with Gasteiger partial charge in [0, 0.05) is 25.6 Å². The minimum atomic E-state index is -0.612. The van der Waals surface area contributed by atoms with Crippen LogP contribution in [-0.4, -0.2) is 69.4 Å². The molecule has 0 bridgehead atoms. The van der Waals surface area contributed by atoms with Gasteiger partial charge in [-0.2, -0.15) is 0 Å². The number of nitrogens with one attached hydrogen (secondary N) is 2. The summed E-state index contributed by atoms with van der Waals surface area (Å²) in [7, 11) is 1.65. The molecular formula is C23H35N3O5. The van der Waals surface area contributed by atoms with E-state index in [9.17, 15) is 9.59 Å². The van der Waals surface area contributed by atoms with Gasteiger partial charge in [-0.1, -0.05) is 12.1 Å². The number of hydrogen-bond donors (Lipinski definition) is 2. The first kappa shape index (κ1) is 23.5. The first-order chi connectivity index (χ1) is 15.0. The molecule has 1 aromatic carbocycles. The molecule has 1 aromatic rings. The molecule has 2 aliphatic heterocycles. The summed E-state index contributed by atoms with van der Waals surface area (Å²) in [6, 6.07) is 7.50. The number of carbonyl (C=O) groups excluding carboxylic acids is 2. The van der Waals surface area contributed by atoms with Gasteiger partial charge in [-0.3, -0.25) is 15.0 Å². The Bertz CT molecular complexity index is 758. The number of hydrogen-bond acceptors (Lipinski definition) is 8. The van der Waals surface area contributed by atoms with Gasteiger partial charge < -0.3 is 19.1 Å². The molecule has 2 heterocycles. The van der Waals surface area contributed by atoms with Gasteiger partial charge in [-0.05, 0) is 57.4 Å². The van der Waals surface area contributed by atoms with Crippen LogP contribution in [0.4, 0.5) is 0 Å². The smallest absolute Gasteiger partial charge is 0.324 e. The van der Waals surface area contributed by atoms with Crippen molar-refractivity contribution >= 4 is 11.9 Å². The standard InChI is InChI=1S/C23H35N3O5/c1-4-30-21(27)20-18(14-24-25-20)15-26-11-7-10-23(16-26,22(28)31-5-2)13-17-8-6-9-19(12-17)29-3/h6,8-9,12,18,20,24-25H,4-5,7,10-11,13-16H2,1-3H3. The normalized spacial score (nSPS) is 26.4. The third kappa shape index (κ3) is 5.75. The number of benzene rings is 1. The Kier molecular flexibility index (Phi) is 8.28. The van der Waals surface area contributed by atoms with Crippen molar-refractivity contribution in [2.45, 2.75) is 39.2 Å². The van der Waals surface area contributed by atoms with Crippen molar-refractivity contribution in [1.82, 2.24) is 15.8 Å². The number of nitrogens with zero attached hydrogens (tertiary/aromatic N) is 1. The van der Waals surface area contributed by atoms with E-state index in [1.807, 2.05) is 38.1 Å². The van der Waals surface area contributed by atoms with Gasteiger partial charge >= 0.3 is 11.9 Å². The number of methoxy groups -OCH3 is 1. The third-order valence-electron chi connectivity index (χ3n) is 6.17. The zero-order chi connectivity index (χ0) is 22.3. The van der Waals surface area contributed by atoms with Gasteiger partial charge in [0.2, 0.25) is 0 Å². The first-order valence-corrected chi connectivity index (χ1v) is 11.2. The zero-order valence-corrected chi connectivity index (χ0v) is 18.8. The molecule has 8 nitrogen and oxygen atoms in total. The highest BCUT2D eigenvalue weighted by atomic mass is 16.5. The highest BCUT2D eigenvalue weighted by molar-refractivity contribution is 5.78. The number of piperidine rings is 1. The molecule has 8 heteroatoms. The van der Waals surface area contributed by atoms with Crippen molar-refractivity contribution < 1.29 is 23.8 Å². The van der Waals surface area contributed by atoms with Crippen LogP contribution in [0.15, 0.2) is 24.3 Å². The molecule has 2 fully saturated rings. The summed E-state index contributed by atoms with van der Waals surface area (Å²) in [5.41, 5.74) is 6.57. The number of rotatable bonds is 9. The topological polar surface area (TPSA) is 89.1 Å². The maximum Gasteiger partial charge on any atom is 0.324 e. The van der Waals surface area contributed by atoms with Crippen LogP contribution in [0.25, 0.3) is 0 Å². The predicted octanol–water partition coefficient (Wildman–Crippen LogP) is 1.54. The fourth-order valence-electron chi connectivity index (χ4n) is 4.74. The van der Waals surface area contributed by atoms with Crippen molar-refractivity contribution in [3.05, 3.63) is 29.8 Å². The first-order valence-electron chi connectivity index (χ1n) is 11.2. The Hall–Kier alpha value is -2.16. The Morgan fingerprint density at radius 3 is 2.77 bits per heavy atom. The summed E-state index contributed by atoms with van der Waals surface area (Å²) in [5.74, 6) is 0.480. The molecule has 3 rings (SSSR count). The van der Waals surface area contributed by atoms with Crippen LogP contribution in [0, 0.1) is 11.3 Å². The van der Waals surface area contributed by atoms with Crippen molar-refractivity contribution in [2.75, 3.05) is 46.5 Å². The van der Waals surface area contributed by atoms with Crippen molar-refractivity contribution in [3.63, 3.8) is 0 Å². The summed E-state index contributed by atoms with van der Waals surface area (Å²) in [6.45, 7) is 7.27. The number of likely N-dealkylation sites (tertiary alicyclic amines) is 1. The molecule has 0 spiro atoms. The maximum absolute atomic E-state index is 13.1. The molecule has 2 saturated heterocycles. The van der Waals surface area contributed by atoms with E-state index in [2.05, 4.69) is 15.8 Å². The summed E-state index contributed by atoms with van der Waals surface area (Å²) in [4.78, 5) is 27.7. The molecule has 3 unspecified atom stereocenters. The van der Waals surface area contributed by atoms with E-state index in [1.54, 1.807) is 7.11 Å². The predicted molar refractivity (Wildman–Crippen MR) is 116 cm³/mol. The lowest BCUT2D eigenvalue weighted by molar-refractivity contribution is -0.159. The van der Waals surface area contributed by atoms with E-state index in [0.29, 0.717) is 39.3 Å². The average molecular weight is 434 g/mol. The van der Waals surface area contributed by atoms with Crippen LogP contribution in [-0.2, 0) is 25.5 Å². The van der Waals surface area contributed by atoms with E-state index < -0.39 is 5.41 Å². The SMILES string of the molecule is CCOC(=O)C1NNCC1CN1CCCC(Cc2cccc(OC)c2)(C(=O)OCC)C1. The van der Waals surface area contributed by atoms with E-state index in [1.165, 1.54) is 0 Å². The van der Waals surface area contributed by atoms with Gasteiger partial charge in [-0.25, -0.2) is 5.43 Å². The summed E-state index contributed by atoms with van der Waals surface area (Å²) < 4.78 is 16.1. The minimum absolute atomic E-state index is 0.0777. The fourth-order valence-corrected chi connectivity index (χ4v) is 4.74. The second-order valence-corrected chi connectivity index (χ2v) is 8.38. The summed E-state index contributed by atoms with van der Waals surface area (Å²) in [6.07, 6.45) is 2.28. The second kappa shape index (κ2) is 10.9. The van der Waals surface area contributed by atoms with Crippen LogP contribution in [0.2, 0.25) is 0 Å². The minimum Gasteiger partial charge on any atom is -0.497 e. The fraction of sp³-hybridized carbons (Fsp3) is 0.652. The third-order valence-corrected chi connectivity index (χ3v) is 6.17. The zero-order valence-electron chi connectivity index (χ0n) is 18.8. The molecule has 0 saturated carbocycles.